The average molecular weight is 654 g/mol. The van der Waals surface area contributed by atoms with Gasteiger partial charge in [0.25, 0.3) is 5.91 Å². The van der Waals surface area contributed by atoms with Crippen LogP contribution in [0, 0.1) is 17.8 Å². The van der Waals surface area contributed by atoms with Crippen LogP contribution in [0.1, 0.15) is 57.1 Å². The summed E-state index contributed by atoms with van der Waals surface area (Å²) in [6, 6.07) is 0.904. The largest absolute Gasteiger partial charge is 0.508 e. The molecular weight excluding hydrogens is 606 g/mol. The summed E-state index contributed by atoms with van der Waals surface area (Å²) in [6.45, 7) is 5.51. The highest BCUT2D eigenvalue weighted by atomic mass is 16.3. The van der Waals surface area contributed by atoms with Gasteiger partial charge in [0.15, 0.2) is 11.4 Å². The minimum Gasteiger partial charge on any atom is -0.508 e. The highest BCUT2D eigenvalue weighted by molar-refractivity contribution is 6.24. The van der Waals surface area contributed by atoms with E-state index in [1.807, 2.05) is 0 Å². The number of amides is 2. The lowest BCUT2D eigenvalue weighted by molar-refractivity contribution is -0.153. The first-order valence-corrected chi connectivity index (χ1v) is 16.4. The van der Waals surface area contributed by atoms with Gasteiger partial charge in [0.1, 0.15) is 22.8 Å². The number of primary amides is 1. The first-order chi connectivity index (χ1) is 22.1. The van der Waals surface area contributed by atoms with Crippen molar-refractivity contribution in [2.24, 2.45) is 23.5 Å². The highest BCUT2D eigenvalue weighted by Gasteiger charge is 2.64. The van der Waals surface area contributed by atoms with Gasteiger partial charge in [-0.15, -0.1) is 0 Å². The van der Waals surface area contributed by atoms with Crippen LogP contribution in [0.25, 0.3) is 5.76 Å². The summed E-state index contributed by atoms with van der Waals surface area (Å²) in [5, 5.41) is 49.0. The fourth-order valence-electron chi connectivity index (χ4n) is 8.17. The van der Waals surface area contributed by atoms with Crippen LogP contribution in [0.15, 0.2) is 23.0 Å². The van der Waals surface area contributed by atoms with Gasteiger partial charge in [-0.1, -0.05) is 26.7 Å². The van der Waals surface area contributed by atoms with E-state index >= 15 is 0 Å². The van der Waals surface area contributed by atoms with Gasteiger partial charge >= 0.3 is 0 Å². The molecule has 0 bridgehead atoms. The lowest BCUT2D eigenvalue weighted by atomic mass is 9.57. The topological polar surface area (TPSA) is 197 Å². The number of aliphatic hydroxyl groups excluding tert-OH is 2. The second-order valence-corrected chi connectivity index (χ2v) is 13.9. The molecule has 1 aromatic carbocycles. The highest BCUT2D eigenvalue weighted by Crippen LogP contribution is 2.54. The van der Waals surface area contributed by atoms with Crippen molar-refractivity contribution >= 4 is 40.5 Å². The predicted octanol–water partition coefficient (Wildman–Crippen LogP) is 1.87. The van der Waals surface area contributed by atoms with Gasteiger partial charge < -0.3 is 36.4 Å². The lowest BCUT2D eigenvalue weighted by Crippen LogP contribution is -2.65. The van der Waals surface area contributed by atoms with Crippen molar-refractivity contribution in [1.82, 2.24) is 9.80 Å². The van der Waals surface area contributed by atoms with E-state index in [0.29, 0.717) is 30.4 Å². The molecule has 47 heavy (non-hydrogen) atoms. The lowest BCUT2D eigenvalue weighted by Gasteiger charge is -2.50. The van der Waals surface area contributed by atoms with Crippen molar-refractivity contribution < 1.29 is 39.6 Å². The van der Waals surface area contributed by atoms with E-state index in [1.165, 1.54) is 4.90 Å². The number of fused-ring (bicyclic) bond motifs is 3. The standard InChI is InChI=1S/C34H47N5O8/c1-7-9-18(10-8-2)39-14-17(15-39)33(46)36-21-13-22(37(3)4)19-11-16-12-20-26(38(5)6)29(42)25(32(35)45)31(44)34(20,47)30(43)23(16)28(41)24(19)27(21)40/h13,16-18,20,26,40-41,44,47H,7-12,14-15H2,1-6H3,(H2,35,45)(H,36,46)/t16-,20-,26-,34-/m0/s1. The zero-order valence-electron chi connectivity index (χ0n) is 28.0. The molecule has 3 aliphatic carbocycles. The molecule has 256 valence electrons. The molecule has 13 heteroatoms. The predicted molar refractivity (Wildman–Crippen MR) is 176 cm³/mol. The van der Waals surface area contributed by atoms with Gasteiger partial charge in [0.05, 0.1) is 23.2 Å². The van der Waals surface area contributed by atoms with Crippen LogP contribution >= 0.6 is 0 Å². The summed E-state index contributed by atoms with van der Waals surface area (Å²) in [6.07, 6.45) is 4.39. The monoisotopic (exact) mass is 653 g/mol. The Morgan fingerprint density at radius 2 is 1.70 bits per heavy atom. The third kappa shape index (κ3) is 5.38. The molecular formula is C34H47N5O8. The maximum absolute atomic E-state index is 14.2. The number of phenols is 1. The molecule has 0 radical (unpaired) electrons. The number of nitrogens with zero attached hydrogens (tertiary/aromatic N) is 3. The molecule has 1 aliphatic heterocycles. The number of aromatic hydroxyl groups is 1. The summed E-state index contributed by atoms with van der Waals surface area (Å²) in [5.74, 6) is -7.75. The third-order valence-electron chi connectivity index (χ3n) is 10.5. The van der Waals surface area contributed by atoms with Crippen LogP contribution in [-0.4, -0.2) is 113 Å². The molecule has 1 heterocycles. The second kappa shape index (κ2) is 12.6. The van der Waals surface area contributed by atoms with Crippen molar-refractivity contribution in [3.63, 3.8) is 0 Å². The van der Waals surface area contributed by atoms with Crippen LogP contribution in [0.3, 0.4) is 0 Å². The molecule has 4 aliphatic rings. The van der Waals surface area contributed by atoms with E-state index in [9.17, 15) is 39.6 Å². The number of aliphatic hydroxyl groups is 3. The number of likely N-dealkylation sites (N-methyl/N-ethyl adjacent to an activating group) is 1. The number of ketones is 2. The van der Waals surface area contributed by atoms with E-state index in [0.717, 1.165) is 25.7 Å². The Labute approximate surface area is 274 Å². The van der Waals surface area contributed by atoms with E-state index in [2.05, 4.69) is 24.1 Å². The maximum Gasteiger partial charge on any atom is 0.255 e. The Bertz CT molecular complexity index is 1570. The molecule has 0 spiro atoms. The smallest absolute Gasteiger partial charge is 0.255 e. The molecule has 2 fully saturated rings. The zero-order chi connectivity index (χ0) is 34.7. The fourth-order valence-corrected chi connectivity index (χ4v) is 8.17. The number of nitrogens with one attached hydrogen (secondary N) is 1. The number of anilines is 2. The Morgan fingerprint density at radius 3 is 2.23 bits per heavy atom. The molecule has 1 saturated carbocycles. The third-order valence-corrected chi connectivity index (χ3v) is 10.5. The van der Waals surface area contributed by atoms with Gasteiger partial charge in [0.2, 0.25) is 11.7 Å². The average Bonchev–Trinajstić information content (AvgIpc) is 2.95. The van der Waals surface area contributed by atoms with E-state index in [1.54, 1.807) is 39.2 Å². The molecule has 0 unspecified atom stereocenters. The first kappa shape index (κ1) is 34.4. The van der Waals surface area contributed by atoms with Crippen LogP contribution in [0.5, 0.6) is 5.75 Å². The number of carbonyl (C=O) groups is 4. The Balaban J connectivity index is 1.54. The van der Waals surface area contributed by atoms with Gasteiger partial charge in [0, 0.05) is 50.4 Å². The molecule has 0 aromatic heterocycles. The molecule has 1 saturated heterocycles. The number of hydrogen-bond acceptors (Lipinski definition) is 11. The number of phenolic OH excluding ortho intramolecular Hbond substituents is 1. The normalized spacial score (nSPS) is 26.3. The van der Waals surface area contributed by atoms with Crippen molar-refractivity contribution in [1.29, 1.82) is 0 Å². The molecule has 1 aromatic rings. The van der Waals surface area contributed by atoms with E-state index in [4.69, 9.17) is 5.73 Å². The van der Waals surface area contributed by atoms with Gasteiger partial charge in [-0.05, 0) is 57.3 Å². The molecule has 7 N–H and O–H groups in total. The number of benzene rings is 1. The summed E-state index contributed by atoms with van der Waals surface area (Å²) >= 11 is 0. The van der Waals surface area contributed by atoms with Crippen molar-refractivity contribution in [3.05, 3.63) is 34.1 Å². The zero-order valence-corrected chi connectivity index (χ0v) is 28.0. The van der Waals surface area contributed by atoms with Gasteiger partial charge in [-0.2, -0.15) is 0 Å². The number of nitrogens with two attached hydrogens (primary N) is 1. The van der Waals surface area contributed by atoms with E-state index < -0.39 is 63.8 Å². The number of hydrogen-bond donors (Lipinski definition) is 6. The number of likely N-dealkylation sites (tertiary alicyclic amines) is 1. The number of carbonyl (C=O) groups excluding carboxylic acids is 4. The van der Waals surface area contributed by atoms with Gasteiger partial charge in [-0.25, -0.2) is 0 Å². The summed E-state index contributed by atoms with van der Waals surface area (Å²) in [4.78, 5) is 58.6. The summed E-state index contributed by atoms with van der Waals surface area (Å²) in [7, 11) is 6.67. The summed E-state index contributed by atoms with van der Waals surface area (Å²) < 4.78 is 0. The molecule has 4 atom stereocenters. The van der Waals surface area contributed by atoms with Crippen LogP contribution < -0.4 is 16.0 Å². The van der Waals surface area contributed by atoms with Crippen molar-refractivity contribution in [2.45, 2.75) is 70.1 Å². The SMILES string of the molecule is CCCC(CCC)N1CC(C(=O)Nc2cc(N(C)C)c3c(c2O)C(O)=C2C(=O)[C@]4(O)C(O)=C(C(N)=O)C(=O)[C@@H](N(C)C)[C@@H]4C[C@@H]2C3)C1. The quantitative estimate of drug-likeness (QED) is 0.159. The van der Waals surface area contributed by atoms with Gasteiger partial charge in [-0.3, -0.25) is 29.0 Å². The second-order valence-electron chi connectivity index (χ2n) is 13.9. The molecule has 2 amide bonds. The fraction of sp³-hybridized carbons (Fsp3) is 0.588. The Hall–Kier alpha value is -3.94. The minimum atomic E-state index is -2.72. The molecule has 13 nitrogen and oxygen atoms in total. The van der Waals surface area contributed by atoms with Crippen molar-refractivity contribution in [3.8, 4) is 5.75 Å². The minimum absolute atomic E-state index is 0.00683. The Morgan fingerprint density at radius 1 is 1.09 bits per heavy atom. The van der Waals surface area contributed by atoms with Crippen LogP contribution in [0.2, 0.25) is 0 Å². The van der Waals surface area contributed by atoms with Crippen LogP contribution in [0.4, 0.5) is 11.4 Å². The van der Waals surface area contributed by atoms with E-state index in [-0.39, 0.29) is 41.5 Å². The van der Waals surface area contributed by atoms with Crippen molar-refractivity contribution in [2.75, 3.05) is 51.5 Å². The Kier molecular flexibility index (Phi) is 9.21. The number of rotatable bonds is 10. The number of Topliss-reactive ketones (excluding diaryl/α,β-unsaturated/α-hetero) is 2. The van der Waals surface area contributed by atoms with Crippen LogP contribution in [-0.2, 0) is 25.6 Å². The molecule has 5 rings (SSSR count). The summed E-state index contributed by atoms with van der Waals surface area (Å²) in [5.41, 5.74) is 2.70. The first-order valence-electron chi connectivity index (χ1n) is 16.4. The maximum atomic E-state index is 14.2.